The number of benzene rings is 3. The summed E-state index contributed by atoms with van der Waals surface area (Å²) in [6.07, 6.45) is 2.62. The predicted octanol–water partition coefficient (Wildman–Crippen LogP) is 6.96. The monoisotopic (exact) mass is 559 g/mol. The van der Waals surface area contributed by atoms with Crippen molar-refractivity contribution in [1.29, 1.82) is 5.26 Å². The summed E-state index contributed by atoms with van der Waals surface area (Å²) in [5.41, 5.74) is 5.81. The van der Waals surface area contributed by atoms with Gasteiger partial charge in [-0.15, -0.1) is 0 Å². The lowest BCUT2D eigenvalue weighted by atomic mass is 10.00. The summed E-state index contributed by atoms with van der Waals surface area (Å²) in [6, 6.07) is 22.2. The number of aromatic nitrogens is 1. The molecule has 1 saturated heterocycles. The van der Waals surface area contributed by atoms with E-state index in [-0.39, 0.29) is 0 Å². The molecule has 0 amide bonds. The van der Waals surface area contributed by atoms with Crippen molar-refractivity contribution in [1.82, 2.24) is 14.8 Å². The lowest BCUT2D eigenvalue weighted by Crippen LogP contribution is -2.46. The Morgan fingerprint density at radius 2 is 1.67 bits per heavy atom. The van der Waals surface area contributed by atoms with Gasteiger partial charge in [-0.2, -0.15) is 5.26 Å². The molecule has 0 N–H and O–H groups in total. The molecule has 3 aromatic carbocycles. The molecule has 200 valence electrons. The molecule has 0 aliphatic carbocycles. The van der Waals surface area contributed by atoms with Crippen LogP contribution in [0.4, 0.5) is 11.4 Å². The maximum Gasteiger partial charge on any atom is 0.103 e. The van der Waals surface area contributed by atoms with Gasteiger partial charge in [0, 0.05) is 49.3 Å². The van der Waals surface area contributed by atoms with Gasteiger partial charge in [0.15, 0.2) is 0 Å². The van der Waals surface area contributed by atoms with E-state index in [4.69, 9.17) is 28.0 Å². The van der Waals surface area contributed by atoms with Crippen molar-refractivity contribution in [3.63, 3.8) is 0 Å². The zero-order chi connectivity index (χ0) is 27.4. The average Bonchev–Trinajstić information content (AvgIpc) is 2.97. The normalized spacial score (nSPS) is 14.4. The molecule has 6 nitrogen and oxygen atoms in total. The Balaban J connectivity index is 1.39. The number of likely N-dealkylation sites (N-methyl/N-ethyl adjacent to an activating group) is 1. The van der Waals surface area contributed by atoms with Crippen molar-refractivity contribution >= 4 is 45.5 Å². The quantitative estimate of drug-likeness (QED) is 0.217. The molecule has 2 heterocycles. The van der Waals surface area contributed by atoms with E-state index < -0.39 is 0 Å². The number of nitrogens with zero attached hydrogens (tertiary/aromatic N) is 5. The zero-order valence-electron chi connectivity index (χ0n) is 22.2. The molecule has 4 aromatic rings. The number of pyridine rings is 1. The summed E-state index contributed by atoms with van der Waals surface area (Å²) >= 11 is 12.6. The van der Waals surface area contributed by atoms with Crippen molar-refractivity contribution in [2.24, 2.45) is 0 Å². The Bertz CT molecular complexity index is 1490. The van der Waals surface area contributed by atoms with Gasteiger partial charge in [0.1, 0.15) is 6.07 Å². The molecular formula is C31H31Cl2N5O. The predicted molar refractivity (Wildman–Crippen MR) is 160 cm³/mol. The molecule has 0 bridgehead atoms. The first-order valence-electron chi connectivity index (χ1n) is 13.2. The molecular weight excluding hydrogens is 529 g/mol. The third-order valence-corrected chi connectivity index (χ3v) is 7.93. The fraction of sp³-hybridized carbons (Fsp3) is 0.290. The van der Waals surface area contributed by atoms with Crippen LogP contribution in [0.15, 0.2) is 66.9 Å². The van der Waals surface area contributed by atoms with Gasteiger partial charge in [-0.1, -0.05) is 60.5 Å². The molecule has 0 unspecified atom stereocenters. The minimum absolute atomic E-state index is 0.378. The summed E-state index contributed by atoms with van der Waals surface area (Å²) in [5.74, 6) is 0. The van der Waals surface area contributed by atoms with E-state index in [0.29, 0.717) is 27.0 Å². The molecule has 1 fully saturated rings. The van der Waals surface area contributed by atoms with E-state index in [0.717, 1.165) is 67.7 Å². The van der Waals surface area contributed by atoms with Crippen molar-refractivity contribution in [2.75, 3.05) is 51.4 Å². The van der Waals surface area contributed by atoms with Crippen LogP contribution in [0.1, 0.15) is 18.1 Å². The van der Waals surface area contributed by atoms with Crippen molar-refractivity contribution < 1.29 is 4.84 Å². The van der Waals surface area contributed by atoms with E-state index in [1.165, 1.54) is 5.56 Å². The first kappa shape index (κ1) is 27.4. The van der Waals surface area contributed by atoms with Crippen LogP contribution in [0.5, 0.6) is 0 Å². The Kier molecular flexibility index (Phi) is 8.66. The van der Waals surface area contributed by atoms with Gasteiger partial charge in [0.05, 0.1) is 34.6 Å². The summed E-state index contributed by atoms with van der Waals surface area (Å²) < 4.78 is 0. The van der Waals surface area contributed by atoms with Crippen LogP contribution < -0.4 is 5.06 Å². The summed E-state index contributed by atoms with van der Waals surface area (Å²) in [4.78, 5) is 15.4. The van der Waals surface area contributed by atoms with Crippen LogP contribution in [0, 0.1) is 11.3 Å². The van der Waals surface area contributed by atoms with Gasteiger partial charge in [-0.25, -0.2) is 5.06 Å². The first-order chi connectivity index (χ1) is 19.0. The van der Waals surface area contributed by atoms with Crippen LogP contribution >= 0.6 is 23.2 Å². The van der Waals surface area contributed by atoms with E-state index in [2.05, 4.69) is 52.0 Å². The SMILES string of the molecule is CCN1CCN(CCc2ccc(-c3ccc4c(N(OC)c5ccc(Cl)cc5Cl)c(C#N)cnc4c3)cc2)CC1. The molecule has 1 aliphatic rings. The molecule has 0 spiro atoms. The van der Waals surface area contributed by atoms with Gasteiger partial charge < -0.3 is 9.80 Å². The molecule has 5 rings (SSSR count). The summed E-state index contributed by atoms with van der Waals surface area (Å²) in [6.45, 7) is 9.09. The molecule has 8 heteroatoms. The minimum atomic E-state index is 0.378. The highest BCUT2D eigenvalue weighted by molar-refractivity contribution is 6.36. The van der Waals surface area contributed by atoms with E-state index in [9.17, 15) is 5.26 Å². The second-order valence-corrected chi connectivity index (χ2v) is 10.5. The van der Waals surface area contributed by atoms with E-state index in [1.807, 2.05) is 18.2 Å². The van der Waals surface area contributed by atoms with Gasteiger partial charge in [0.2, 0.25) is 0 Å². The Morgan fingerprint density at radius 3 is 2.33 bits per heavy atom. The molecule has 1 aliphatic heterocycles. The third-order valence-electron chi connectivity index (χ3n) is 7.39. The number of hydrogen-bond acceptors (Lipinski definition) is 6. The molecule has 0 atom stereocenters. The Labute approximate surface area is 239 Å². The van der Waals surface area contributed by atoms with E-state index >= 15 is 0 Å². The fourth-order valence-electron chi connectivity index (χ4n) is 5.10. The standard InChI is InChI=1S/C31H31Cl2N5O/c1-3-36-14-16-37(17-15-36)13-12-22-4-6-23(7-5-22)24-8-10-27-29(18-24)35-21-25(20-34)31(27)38(39-2)30-11-9-26(32)19-28(30)33/h4-11,18-19,21H,3,12-17H2,1-2H3. The lowest BCUT2D eigenvalue weighted by molar-refractivity contribution is 0.138. The topological polar surface area (TPSA) is 55.6 Å². The van der Waals surface area contributed by atoms with Crippen LogP contribution in [0.3, 0.4) is 0 Å². The van der Waals surface area contributed by atoms with Crippen LogP contribution in [0.25, 0.3) is 22.0 Å². The number of rotatable bonds is 8. The summed E-state index contributed by atoms with van der Waals surface area (Å²) in [5, 5.41) is 13.1. The maximum absolute atomic E-state index is 9.86. The Morgan fingerprint density at radius 1 is 0.949 bits per heavy atom. The average molecular weight is 561 g/mol. The fourth-order valence-corrected chi connectivity index (χ4v) is 5.58. The minimum Gasteiger partial charge on any atom is -0.301 e. The summed E-state index contributed by atoms with van der Waals surface area (Å²) in [7, 11) is 1.54. The first-order valence-corrected chi connectivity index (χ1v) is 13.9. The number of fused-ring (bicyclic) bond motifs is 1. The number of halogens is 2. The van der Waals surface area contributed by atoms with Crippen molar-refractivity contribution in [3.8, 4) is 17.2 Å². The van der Waals surface area contributed by atoms with Crippen LogP contribution in [-0.4, -0.2) is 61.2 Å². The van der Waals surface area contributed by atoms with Gasteiger partial charge in [0.25, 0.3) is 0 Å². The van der Waals surface area contributed by atoms with Gasteiger partial charge in [-0.3, -0.25) is 9.82 Å². The highest BCUT2D eigenvalue weighted by atomic mass is 35.5. The van der Waals surface area contributed by atoms with Crippen molar-refractivity contribution in [2.45, 2.75) is 13.3 Å². The smallest absolute Gasteiger partial charge is 0.103 e. The van der Waals surface area contributed by atoms with Gasteiger partial charge >= 0.3 is 0 Å². The number of nitriles is 1. The number of hydrogen-bond donors (Lipinski definition) is 0. The highest BCUT2D eigenvalue weighted by Crippen LogP contribution is 2.39. The van der Waals surface area contributed by atoms with Crippen molar-refractivity contribution in [3.05, 3.63) is 88.0 Å². The lowest BCUT2D eigenvalue weighted by Gasteiger charge is -2.34. The zero-order valence-corrected chi connectivity index (χ0v) is 23.7. The molecule has 39 heavy (non-hydrogen) atoms. The number of piperazine rings is 1. The second-order valence-electron chi connectivity index (χ2n) is 9.66. The van der Waals surface area contributed by atoms with Gasteiger partial charge in [-0.05, 0) is 60.0 Å². The molecule has 0 saturated carbocycles. The highest BCUT2D eigenvalue weighted by Gasteiger charge is 2.21. The second kappa shape index (κ2) is 12.3. The maximum atomic E-state index is 9.86. The third kappa shape index (κ3) is 6.04. The van der Waals surface area contributed by atoms with Crippen LogP contribution in [0.2, 0.25) is 10.0 Å². The van der Waals surface area contributed by atoms with Crippen LogP contribution in [-0.2, 0) is 11.3 Å². The largest absolute Gasteiger partial charge is 0.301 e. The Hall–Kier alpha value is -3.18. The van der Waals surface area contributed by atoms with E-state index in [1.54, 1.807) is 36.6 Å². The molecule has 0 radical (unpaired) electrons. The molecule has 1 aromatic heterocycles. The number of anilines is 2.